The number of nitriles is 1. The molecule has 0 amide bonds. The highest BCUT2D eigenvalue weighted by molar-refractivity contribution is 6.31. The number of alkyl halides is 3. The van der Waals surface area contributed by atoms with Crippen molar-refractivity contribution in [1.82, 2.24) is 9.97 Å². The maximum atomic E-state index is 12.5. The first-order valence-corrected chi connectivity index (χ1v) is 7.81. The van der Waals surface area contributed by atoms with E-state index in [1.54, 1.807) is 0 Å². The largest absolute Gasteiger partial charge is 0.573 e. The van der Waals surface area contributed by atoms with Gasteiger partial charge in [0.1, 0.15) is 11.8 Å². The summed E-state index contributed by atoms with van der Waals surface area (Å²) in [5.74, 6) is -0.581. The van der Waals surface area contributed by atoms with Gasteiger partial charge in [-0.05, 0) is 30.3 Å². The van der Waals surface area contributed by atoms with Crippen LogP contribution in [0.5, 0.6) is 5.75 Å². The van der Waals surface area contributed by atoms with Crippen LogP contribution in [-0.2, 0) is 0 Å². The Morgan fingerprint density at radius 1 is 1.26 bits per heavy atom. The molecule has 0 bridgehead atoms. The summed E-state index contributed by atoms with van der Waals surface area (Å²) in [5.41, 5.74) is -0.401. The predicted octanol–water partition coefficient (Wildman–Crippen LogP) is 4.54. The Hall–Kier alpha value is -3.31. The number of fused-ring (bicyclic) bond motifs is 1. The van der Waals surface area contributed by atoms with E-state index >= 15 is 0 Å². The summed E-state index contributed by atoms with van der Waals surface area (Å²) in [6.45, 7) is 0. The Labute approximate surface area is 155 Å². The smallest absolute Gasteiger partial charge is 0.405 e. The molecular formula is C18H9ClF3N3O2. The average Bonchev–Trinajstić information content (AvgIpc) is 2.59. The van der Waals surface area contributed by atoms with Crippen molar-refractivity contribution in [1.29, 1.82) is 5.26 Å². The normalized spacial score (nSPS) is 12.0. The number of aromatic nitrogens is 2. The number of nitrogens with one attached hydrogen (secondary N) is 1. The van der Waals surface area contributed by atoms with Gasteiger partial charge < -0.3 is 9.72 Å². The molecule has 0 atom stereocenters. The molecule has 0 aliphatic rings. The second kappa shape index (κ2) is 7.13. The number of hydrogen-bond acceptors (Lipinski definition) is 4. The minimum absolute atomic E-state index is 0.000199. The first kappa shape index (κ1) is 18.5. The molecule has 9 heteroatoms. The van der Waals surface area contributed by atoms with Crippen LogP contribution in [0.2, 0.25) is 5.02 Å². The zero-order chi connectivity index (χ0) is 19.6. The Balaban J connectivity index is 2.13. The van der Waals surface area contributed by atoms with Crippen LogP contribution in [-0.4, -0.2) is 16.3 Å². The zero-order valence-electron chi connectivity index (χ0n) is 13.3. The molecule has 1 aromatic heterocycles. The fourth-order valence-electron chi connectivity index (χ4n) is 2.37. The molecule has 0 aliphatic carbocycles. The van der Waals surface area contributed by atoms with Crippen LogP contribution in [0.3, 0.4) is 0 Å². The number of H-pyrrole nitrogens is 1. The first-order chi connectivity index (χ1) is 12.8. The Morgan fingerprint density at radius 3 is 2.70 bits per heavy atom. The lowest BCUT2D eigenvalue weighted by molar-refractivity contribution is -0.274. The molecule has 136 valence electrons. The van der Waals surface area contributed by atoms with Crippen LogP contribution in [0.25, 0.3) is 22.6 Å². The molecule has 0 saturated carbocycles. The fourth-order valence-corrected chi connectivity index (χ4v) is 2.53. The summed E-state index contributed by atoms with van der Waals surface area (Å²) < 4.78 is 41.6. The van der Waals surface area contributed by atoms with Crippen LogP contribution < -0.4 is 10.3 Å². The van der Waals surface area contributed by atoms with E-state index in [0.717, 1.165) is 12.1 Å². The SMILES string of the molecule is N#C/C(=C\c1ccccc1OC(F)(F)F)c1nc2cc(Cl)ccc2c(=O)[nH]1. The predicted molar refractivity (Wildman–Crippen MR) is 94.0 cm³/mol. The van der Waals surface area contributed by atoms with E-state index in [0.29, 0.717) is 5.02 Å². The minimum atomic E-state index is -4.89. The van der Waals surface area contributed by atoms with Gasteiger partial charge in [-0.25, -0.2) is 4.98 Å². The van der Waals surface area contributed by atoms with Crippen molar-refractivity contribution in [3.05, 3.63) is 69.2 Å². The lowest BCUT2D eigenvalue weighted by Gasteiger charge is -2.11. The van der Waals surface area contributed by atoms with Gasteiger partial charge in [-0.2, -0.15) is 5.26 Å². The van der Waals surface area contributed by atoms with Gasteiger partial charge in [0.05, 0.1) is 16.5 Å². The third-order valence-electron chi connectivity index (χ3n) is 3.49. The lowest BCUT2D eigenvalue weighted by Crippen LogP contribution is -2.17. The Morgan fingerprint density at radius 2 is 2.00 bits per heavy atom. The van der Waals surface area contributed by atoms with Gasteiger partial charge in [-0.15, -0.1) is 13.2 Å². The third kappa shape index (κ3) is 4.27. The van der Waals surface area contributed by atoms with Crippen LogP contribution in [0, 0.1) is 11.3 Å². The van der Waals surface area contributed by atoms with Crippen LogP contribution >= 0.6 is 11.6 Å². The lowest BCUT2D eigenvalue weighted by atomic mass is 10.1. The summed E-state index contributed by atoms with van der Waals surface area (Å²) in [4.78, 5) is 18.8. The molecular weight excluding hydrogens is 383 g/mol. The standard InChI is InChI=1S/C18H9ClF3N3O2/c19-12-5-6-13-14(8-12)24-16(25-17(13)26)11(9-23)7-10-3-1-2-4-15(10)27-18(20,21)22/h1-8H,(H,24,25,26)/b11-7+. The highest BCUT2D eigenvalue weighted by Gasteiger charge is 2.31. The number of para-hydroxylation sites is 1. The van der Waals surface area contributed by atoms with E-state index in [9.17, 15) is 23.2 Å². The summed E-state index contributed by atoms with van der Waals surface area (Å²) in [5, 5.41) is 10.0. The van der Waals surface area contributed by atoms with Crippen molar-refractivity contribution in [2.24, 2.45) is 0 Å². The number of ether oxygens (including phenoxy) is 1. The van der Waals surface area contributed by atoms with Crippen molar-refractivity contribution < 1.29 is 17.9 Å². The highest BCUT2D eigenvalue weighted by atomic mass is 35.5. The third-order valence-corrected chi connectivity index (χ3v) is 3.72. The van der Waals surface area contributed by atoms with Crippen LogP contribution in [0.15, 0.2) is 47.3 Å². The molecule has 0 radical (unpaired) electrons. The number of benzene rings is 2. The topological polar surface area (TPSA) is 78.8 Å². The van der Waals surface area contributed by atoms with Crippen LogP contribution in [0.1, 0.15) is 11.4 Å². The Kier molecular flexibility index (Phi) is 4.88. The molecule has 0 fully saturated rings. The molecule has 1 N–H and O–H groups in total. The van der Waals surface area contributed by atoms with E-state index in [2.05, 4.69) is 14.7 Å². The molecule has 0 aliphatic heterocycles. The van der Waals surface area contributed by atoms with E-state index in [-0.39, 0.29) is 27.9 Å². The van der Waals surface area contributed by atoms with E-state index in [1.807, 2.05) is 6.07 Å². The monoisotopic (exact) mass is 391 g/mol. The molecule has 0 saturated heterocycles. The van der Waals surface area contributed by atoms with Gasteiger partial charge in [0.2, 0.25) is 0 Å². The quantitative estimate of drug-likeness (QED) is 0.665. The van der Waals surface area contributed by atoms with Gasteiger partial charge in [0.25, 0.3) is 5.56 Å². The van der Waals surface area contributed by atoms with Gasteiger partial charge in [0.15, 0.2) is 5.82 Å². The summed E-state index contributed by atoms with van der Waals surface area (Å²) >= 11 is 5.89. The molecule has 1 heterocycles. The molecule has 3 aromatic rings. The molecule has 0 spiro atoms. The van der Waals surface area contributed by atoms with Crippen LogP contribution in [0.4, 0.5) is 13.2 Å². The van der Waals surface area contributed by atoms with Gasteiger partial charge >= 0.3 is 6.36 Å². The van der Waals surface area contributed by atoms with Gasteiger partial charge in [0, 0.05) is 10.6 Å². The van der Waals surface area contributed by atoms with E-state index in [4.69, 9.17) is 11.6 Å². The second-order valence-corrected chi connectivity index (χ2v) is 5.77. The maximum absolute atomic E-state index is 12.5. The summed E-state index contributed by atoms with van der Waals surface area (Å²) in [6, 6.07) is 11.6. The molecule has 27 heavy (non-hydrogen) atoms. The van der Waals surface area contributed by atoms with E-state index < -0.39 is 17.7 Å². The van der Waals surface area contributed by atoms with Crippen molar-refractivity contribution in [3.63, 3.8) is 0 Å². The number of nitrogens with zero attached hydrogens (tertiary/aromatic N) is 2. The van der Waals surface area contributed by atoms with Crippen molar-refractivity contribution in [3.8, 4) is 11.8 Å². The minimum Gasteiger partial charge on any atom is -0.405 e. The number of halogens is 4. The Bertz CT molecular complexity index is 1150. The number of allylic oxidation sites excluding steroid dienone is 1. The molecule has 2 aromatic carbocycles. The number of aromatic amines is 1. The van der Waals surface area contributed by atoms with Crippen molar-refractivity contribution in [2.45, 2.75) is 6.36 Å². The zero-order valence-corrected chi connectivity index (χ0v) is 14.1. The van der Waals surface area contributed by atoms with E-state index in [1.165, 1.54) is 36.4 Å². The number of rotatable bonds is 3. The van der Waals surface area contributed by atoms with Gasteiger partial charge in [-0.3, -0.25) is 4.79 Å². The van der Waals surface area contributed by atoms with Crippen molar-refractivity contribution >= 4 is 34.2 Å². The van der Waals surface area contributed by atoms with Gasteiger partial charge in [-0.1, -0.05) is 29.8 Å². The van der Waals surface area contributed by atoms with Crippen molar-refractivity contribution in [2.75, 3.05) is 0 Å². The number of hydrogen-bond donors (Lipinski definition) is 1. The molecule has 0 unspecified atom stereocenters. The highest BCUT2D eigenvalue weighted by Crippen LogP contribution is 2.29. The summed E-state index contributed by atoms with van der Waals surface area (Å²) in [6.07, 6.45) is -3.74. The first-order valence-electron chi connectivity index (χ1n) is 7.43. The fraction of sp³-hybridized carbons (Fsp3) is 0.0556. The summed E-state index contributed by atoms with van der Waals surface area (Å²) in [7, 11) is 0. The maximum Gasteiger partial charge on any atom is 0.573 e. The molecule has 5 nitrogen and oxygen atoms in total. The molecule has 3 rings (SSSR count). The second-order valence-electron chi connectivity index (χ2n) is 5.33. The average molecular weight is 392 g/mol.